The molecule has 5 heteroatoms. The van der Waals surface area contributed by atoms with Gasteiger partial charge in [0.15, 0.2) is 0 Å². The maximum atomic E-state index is 12.2. The molecule has 1 atom stereocenters. The summed E-state index contributed by atoms with van der Waals surface area (Å²) in [5.41, 5.74) is 6.52. The van der Waals surface area contributed by atoms with E-state index >= 15 is 0 Å². The van der Waals surface area contributed by atoms with E-state index in [0.29, 0.717) is 11.1 Å². The number of benzene rings is 1. The highest BCUT2D eigenvalue weighted by molar-refractivity contribution is 6.06. The molecule has 0 fully saturated rings. The van der Waals surface area contributed by atoms with Gasteiger partial charge in [0, 0.05) is 11.9 Å². The van der Waals surface area contributed by atoms with Crippen molar-refractivity contribution in [1.82, 2.24) is 5.32 Å². The number of nitrogens with two attached hydrogens (primary N) is 1. The van der Waals surface area contributed by atoms with Crippen LogP contribution in [-0.2, 0) is 4.79 Å². The van der Waals surface area contributed by atoms with Crippen LogP contribution in [0.25, 0.3) is 11.0 Å². The van der Waals surface area contributed by atoms with Crippen molar-refractivity contribution in [3.63, 3.8) is 0 Å². The monoisotopic (exact) mass is 274 g/mol. The molecule has 0 bridgehead atoms. The van der Waals surface area contributed by atoms with E-state index in [1.807, 2.05) is 13.8 Å². The third kappa shape index (κ3) is 2.82. The lowest BCUT2D eigenvalue weighted by Crippen LogP contribution is -2.38. The molecule has 3 N–H and O–H groups in total. The highest BCUT2D eigenvalue weighted by atomic mass is 16.3. The van der Waals surface area contributed by atoms with Crippen molar-refractivity contribution in [2.75, 3.05) is 6.54 Å². The molecule has 1 heterocycles. The lowest BCUT2D eigenvalue weighted by Gasteiger charge is -2.17. The van der Waals surface area contributed by atoms with Gasteiger partial charge in [-0.25, -0.2) is 0 Å². The average molecular weight is 274 g/mol. The Bertz CT molecular complexity index is 631. The van der Waals surface area contributed by atoms with Crippen LogP contribution >= 0.6 is 0 Å². The minimum Gasteiger partial charge on any atom is -0.464 e. The number of carbonyl (C=O) groups is 2. The normalized spacial score (nSPS) is 12.6. The molecule has 0 saturated heterocycles. The molecule has 20 heavy (non-hydrogen) atoms. The Kier molecular flexibility index (Phi) is 4.08. The summed E-state index contributed by atoms with van der Waals surface area (Å²) >= 11 is 0. The summed E-state index contributed by atoms with van der Waals surface area (Å²) in [6, 6.07) is 7.03. The number of nitrogens with one attached hydrogen (secondary N) is 1. The molecule has 1 aromatic heterocycles. The summed E-state index contributed by atoms with van der Waals surface area (Å²) < 4.78 is 5.26. The fourth-order valence-electron chi connectivity index (χ4n) is 2.15. The predicted molar refractivity (Wildman–Crippen MR) is 76.1 cm³/mol. The maximum Gasteiger partial charge on any atom is 0.252 e. The number of hydrogen-bond donors (Lipinski definition) is 2. The largest absolute Gasteiger partial charge is 0.464 e. The first-order valence-electron chi connectivity index (χ1n) is 6.54. The van der Waals surface area contributed by atoms with E-state index in [1.54, 1.807) is 30.5 Å². The van der Waals surface area contributed by atoms with Crippen molar-refractivity contribution < 1.29 is 14.0 Å². The van der Waals surface area contributed by atoms with Crippen molar-refractivity contribution in [1.29, 1.82) is 0 Å². The Labute approximate surface area is 117 Å². The molecule has 2 rings (SSSR count). The third-order valence-corrected chi connectivity index (χ3v) is 3.39. The molecule has 0 saturated carbocycles. The Hall–Kier alpha value is -2.30. The lowest BCUT2D eigenvalue weighted by molar-refractivity contribution is -0.122. The Balaban J connectivity index is 2.12. The van der Waals surface area contributed by atoms with Gasteiger partial charge in [-0.3, -0.25) is 9.59 Å². The number of hydrogen-bond acceptors (Lipinski definition) is 3. The van der Waals surface area contributed by atoms with Crippen LogP contribution in [0, 0.1) is 11.8 Å². The zero-order valence-corrected chi connectivity index (χ0v) is 11.6. The Morgan fingerprint density at radius 1 is 1.30 bits per heavy atom. The van der Waals surface area contributed by atoms with Gasteiger partial charge in [-0.1, -0.05) is 19.9 Å². The molecular formula is C15H18N2O3. The molecule has 1 aromatic carbocycles. The molecule has 0 spiro atoms. The minimum atomic E-state index is -0.401. The molecule has 2 amide bonds. The number of fused-ring (bicyclic) bond motifs is 1. The second-order valence-corrected chi connectivity index (χ2v) is 5.10. The minimum absolute atomic E-state index is 0.0810. The summed E-state index contributed by atoms with van der Waals surface area (Å²) in [6.45, 7) is 4.04. The highest BCUT2D eigenvalue weighted by Gasteiger charge is 2.21. The topological polar surface area (TPSA) is 85.3 Å². The van der Waals surface area contributed by atoms with Crippen LogP contribution in [0.1, 0.15) is 24.2 Å². The number of carbonyl (C=O) groups excluding carboxylic acids is 2. The number of amides is 2. The van der Waals surface area contributed by atoms with E-state index in [4.69, 9.17) is 10.2 Å². The molecule has 0 aliphatic heterocycles. The number of furan rings is 1. The fraction of sp³-hybridized carbons (Fsp3) is 0.333. The van der Waals surface area contributed by atoms with Crippen molar-refractivity contribution in [2.45, 2.75) is 13.8 Å². The van der Waals surface area contributed by atoms with Crippen LogP contribution in [0.5, 0.6) is 0 Å². The van der Waals surface area contributed by atoms with E-state index in [1.165, 1.54) is 0 Å². The van der Waals surface area contributed by atoms with Gasteiger partial charge in [0.05, 0.1) is 17.7 Å². The SMILES string of the molecule is CC(C)C(CNC(=O)c1cccc2occc12)C(N)=O. The quantitative estimate of drug-likeness (QED) is 0.873. The van der Waals surface area contributed by atoms with E-state index in [0.717, 1.165) is 5.39 Å². The summed E-state index contributed by atoms with van der Waals surface area (Å²) in [5, 5.41) is 3.52. The van der Waals surface area contributed by atoms with E-state index in [2.05, 4.69) is 5.32 Å². The third-order valence-electron chi connectivity index (χ3n) is 3.39. The van der Waals surface area contributed by atoms with Gasteiger partial charge in [0.2, 0.25) is 5.91 Å². The second kappa shape index (κ2) is 5.77. The molecule has 0 aliphatic carbocycles. The number of rotatable bonds is 5. The second-order valence-electron chi connectivity index (χ2n) is 5.10. The summed E-state index contributed by atoms with van der Waals surface area (Å²) in [7, 11) is 0. The van der Waals surface area contributed by atoms with Gasteiger partial charge >= 0.3 is 0 Å². The standard InChI is InChI=1S/C15H18N2O3/c1-9(2)12(14(16)18)8-17-15(19)11-4-3-5-13-10(11)6-7-20-13/h3-7,9,12H,8H2,1-2H3,(H2,16,18)(H,17,19). The van der Waals surface area contributed by atoms with Gasteiger partial charge in [-0.2, -0.15) is 0 Å². The van der Waals surface area contributed by atoms with Gasteiger partial charge in [-0.15, -0.1) is 0 Å². The lowest BCUT2D eigenvalue weighted by atomic mass is 9.95. The summed E-state index contributed by atoms with van der Waals surface area (Å²) in [6.07, 6.45) is 1.54. The van der Waals surface area contributed by atoms with Crippen LogP contribution in [0.2, 0.25) is 0 Å². The van der Waals surface area contributed by atoms with Crippen molar-refractivity contribution in [3.8, 4) is 0 Å². The van der Waals surface area contributed by atoms with Crippen molar-refractivity contribution in [3.05, 3.63) is 36.1 Å². The zero-order valence-electron chi connectivity index (χ0n) is 11.6. The maximum absolute atomic E-state index is 12.2. The molecule has 2 aromatic rings. The fourth-order valence-corrected chi connectivity index (χ4v) is 2.15. The van der Waals surface area contributed by atoms with Crippen LogP contribution < -0.4 is 11.1 Å². The first kappa shape index (κ1) is 14.1. The van der Waals surface area contributed by atoms with Gasteiger partial charge in [0.1, 0.15) is 5.58 Å². The Morgan fingerprint density at radius 2 is 2.05 bits per heavy atom. The molecule has 106 valence electrons. The summed E-state index contributed by atoms with van der Waals surface area (Å²) in [5.74, 6) is -0.925. The molecule has 5 nitrogen and oxygen atoms in total. The van der Waals surface area contributed by atoms with Gasteiger partial charge in [0.25, 0.3) is 5.91 Å². The van der Waals surface area contributed by atoms with E-state index in [9.17, 15) is 9.59 Å². The first-order chi connectivity index (χ1) is 9.50. The van der Waals surface area contributed by atoms with Gasteiger partial charge < -0.3 is 15.5 Å². The average Bonchev–Trinajstić information content (AvgIpc) is 2.85. The van der Waals surface area contributed by atoms with Crippen molar-refractivity contribution in [2.24, 2.45) is 17.6 Å². The van der Waals surface area contributed by atoms with Crippen LogP contribution in [-0.4, -0.2) is 18.4 Å². The van der Waals surface area contributed by atoms with E-state index in [-0.39, 0.29) is 24.3 Å². The summed E-state index contributed by atoms with van der Waals surface area (Å²) in [4.78, 5) is 23.5. The van der Waals surface area contributed by atoms with Crippen LogP contribution in [0.3, 0.4) is 0 Å². The van der Waals surface area contributed by atoms with E-state index < -0.39 is 5.91 Å². The van der Waals surface area contributed by atoms with Gasteiger partial charge in [-0.05, 0) is 24.1 Å². The smallest absolute Gasteiger partial charge is 0.252 e. The Morgan fingerprint density at radius 3 is 2.70 bits per heavy atom. The number of primary amides is 1. The molecular weight excluding hydrogens is 256 g/mol. The predicted octanol–water partition coefficient (Wildman–Crippen LogP) is 1.92. The molecule has 1 unspecified atom stereocenters. The van der Waals surface area contributed by atoms with Crippen molar-refractivity contribution >= 4 is 22.8 Å². The molecule has 0 aliphatic rings. The zero-order chi connectivity index (χ0) is 14.7. The molecule has 0 radical (unpaired) electrons. The highest BCUT2D eigenvalue weighted by Crippen LogP contribution is 2.19. The van der Waals surface area contributed by atoms with Crippen LogP contribution in [0.4, 0.5) is 0 Å². The van der Waals surface area contributed by atoms with Crippen LogP contribution in [0.15, 0.2) is 34.9 Å². The first-order valence-corrected chi connectivity index (χ1v) is 6.54.